The van der Waals surface area contributed by atoms with Gasteiger partial charge in [-0.3, -0.25) is 0 Å². The van der Waals surface area contributed by atoms with Gasteiger partial charge in [0.15, 0.2) is 5.69 Å². The van der Waals surface area contributed by atoms with Gasteiger partial charge in [-0.05, 0) is 12.1 Å². The largest absolute Gasteiger partial charge is 0.478 e. The molecule has 0 fully saturated rings. The maximum Gasteiger partial charge on any atom is 0.355 e. The Bertz CT molecular complexity index is 306. The molecule has 0 aliphatic rings. The molecule has 0 atom stereocenters. The Morgan fingerprint density at radius 2 is 1.85 bits per heavy atom. The van der Waals surface area contributed by atoms with Crippen LogP contribution in [0.3, 0.4) is 0 Å². The number of hydrogen-bond donors (Lipinski definition) is 2. The second-order valence-electron chi connectivity index (χ2n) is 2.01. The van der Waals surface area contributed by atoms with Crippen LogP contribution < -0.4 is 0 Å². The molecule has 1 aromatic rings. The normalized spacial score (nSPS) is 8.62. The van der Waals surface area contributed by atoms with Gasteiger partial charge < -0.3 is 10.2 Å². The van der Waals surface area contributed by atoms with E-state index in [2.05, 4.69) is 4.98 Å². The summed E-state index contributed by atoms with van der Waals surface area (Å²) < 4.78 is 0. The van der Waals surface area contributed by atoms with Crippen LogP contribution in [-0.2, 0) is 17.1 Å². The van der Waals surface area contributed by atoms with Crippen LogP contribution >= 0.6 is 0 Å². The van der Waals surface area contributed by atoms with Crippen molar-refractivity contribution in [3.8, 4) is 0 Å². The van der Waals surface area contributed by atoms with E-state index in [9.17, 15) is 9.59 Å². The summed E-state index contributed by atoms with van der Waals surface area (Å²) in [6.45, 7) is 0. The standard InChI is InChI=1S/C7H5NO4.Fe/c9-6(10)4-2-1-3-8-5(4)7(11)12;/h1-3H,(H,9,10)(H,11,12);. The Balaban J connectivity index is 0.00000144. The molecule has 0 amide bonds. The summed E-state index contributed by atoms with van der Waals surface area (Å²) in [4.78, 5) is 24.2. The van der Waals surface area contributed by atoms with E-state index < -0.39 is 17.6 Å². The minimum Gasteiger partial charge on any atom is -0.478 e. The SMILES string of the molecule is O=C(O)c1cccnc1C(=O)O.[Fe]. The van der Waals surface area contributed by atoms with Crippen LogP contribution in [0.25, 0.3) is 0 Å². The summed E-state index contributed by atoms with van der Waals surface area (Å²) in [5.74, 6) is -2.63. The van der Waals surface area contributed by atoms with Crippen molar-refractivity contribution in [2.75, 3.05) is 0 Å². The molecule has 70 valence electrons. The zero-order valence-electron chi connectivity index (χ0n) is 6.24. The van der Waals surface area contributed by atoms with Crippen molar-refractivity contribution in [3.05, 3.63) is 29.6 Å². The fraction of sp³-hybridized carbons (Fsp3) is 0. The van der Waals surface area contributed by atoms with E-state index in [1.807, 2.05) is 0 Å². The van der Waals surface area contributed by atoms with E-state index in [0.717, 1.165) is 0 Å². The monoisotopic (exact) mass is 223 g/mol. The first-order valence-electron chi connectivity index (χ1n) is 3.04. The van der Waals surface area contributed by atoms with Crippen LogP contribution in [0, 0.1) is 0 Å². The number of hydrogen-bond acceptors (Lipinski definition) is 3. The van der Waals surface area contributed by atoms with Crippen molar-refractivity contribution < 1.29 is 36.9 Å². The smallest absolute Gasteiger partial charge is 0.355 e. The van der Waals surface area contributed by atoms with Crippen molar-refractivity contribution in [2.45, 2.75) is 0 Å². The summed E-state index contributed by atoms with van der Waals surface area (Å²) in [7, 11) is 0. The first-order valence-corrected chi connectivity index (χ1v) is 3.04. The number of carboxylic acids is 2. The molecule has 6 heteroatoms. The van der Waals surface area contributed by atoms with Gasteiger partial charge in [-0.15, -0.1) is 0 Å². The summed E-state index contributed by atoms with van der Waals surface area (Å²) in [5, 5.41) is 17.0. The third-order valence-corrected chi connectivity index (χ3v) is 1.24. The van der Waals surface area contributed by atoms with Gasteiger partial charge in [0.1, 0.15) is 0 Å². The number of pyridine rings is 1. The number of nitrogens with zero attached hydrogens (tertiary/aromatic N) is 1. The molecule has 0 aromatic carbocycles. The average molecular weight is 223 g/mol. The van der Waals surface area contributed by atoms with Crippen LogP contribution in [0.1, 0.15) is 20.8 Å². The first-order chi connectivity index (χ1) is 5.63. The van der Waals surface area contributed by atoms with Crippen LogP contribution in [0.2, 0.25) is 0 Å². The van der Waals surface area contributed by atoms with Gasteiger partial charge >= 0.3 is 11.9 Å². The van der Waals surface area contributed by atoms with Gasteiger partial charge in [0.05, 0.1) is 5.56 Å². The molecule has 0 saturated carbocycles. The van der Waals surface area contributed by atoms with E-state index in [1.54, 1.807) is 0 Å². The fourth-order valence-corrected chi connectivity index (χ4v) is 0.748. The number of carboxylic acid groups (broad SMARTS) is 2. The van der Waals surface area contributed by atoms with Crippen molar-refractivity contribution in [3.63, 3.8) is 0 Å². The molecule has 2 N–H and O–H groups in total. The van der Waals surface area contributed by atoms with Crippen LogP contribution in [0.4, 0.5) is 0 Å². The van der Waals surface area contributed by atoms with Crippen LogP contribution in [0.15, 0.2) is 18.3 Å². The average Bonchev–Trinajstić information content (AvgIpc) is 2.04. The molecule has 0 aliphatic carbocycles. The third-order valence-electron chi connectivity index (χ3n) is 1.24. The van der Waals surface area contributed by atoms with E-state index in [-0.39, 0.29) is 22.6 Å². The molecule has 1 heterocycles. The molecule has 1 aromatic heterocycles. The number of carbonyl (C=O) groups is 2. The van der Waals surface area contributed by atoms with Gasteiger partial charge in [-0.25, -0.2) is 14.6 Å². The zero-order chi connectivity index (χ0) is 9.14. The third kappa shape index (κ3) is 2.54. The quantitative estimate of drug-likeness (QED) is 0.711. The Kier molecular flexibility index (Phi) is 4.10. The van der Waals surface area contributed by atoms with Gasteiger partial charge in [0.25, 0.3) is 0 Å². The van der Waals surface area contributed by atoms with Gasteiger partial charge in [0, 0.05) is 23.3 Å². The maximum atomic E-state index is 10.4. The van der Waals surface area contributed by atoms with Gasteiger partial charge in [-0.1, -0.05) is 0 Å². The van der Waals surface area contributed by atoms with Crippen LogP contribution in [0.5, 0.6) is 0 Å². The Labute approximate surface area is 83.9 Å². The molecule has 0 bridgehead atoms. The summed E-state index contributed by atoms with van der Waals surface area (Å²) in [6.07, 6.45) is 1.23. The molecule has 0 spiro atoms. The Hall–Kier alpha value is -1.39. The topological polar surface area (TPSA) is 87.5 Å². The predicted octanol–water partition coefficient (Wildman–Crippen LogP) is 0.475. The van der Waals surface area contributed by atoms with Crippen molar-refractivity contribution in [1.29, 1.82) is 0 Å². The molecular weight excluding hydrogens is 218 g/mol. The zero-order valence-corrected chi connectivity index (χ0v) is 7.35. The predicted molar refractivity (Wildman–Crippen MR) is 38.2 cm³/mol. The molecule has 0 unspecified atom stereocenters. The Morgan fingerprint density at radius 1 is 1.23 bits per heavy atom. The van der Waals surface area contributed by atoms with E-state index >= 15 is 0 Å². The van der Waals surface area contributed by atoms with E-state index in [4.69, 9.17) is 10.2 Å². The molecular formula is C7H5FeNO4. The minimum atomic E-state index is -1.34. The van der Waals surface area contributed by atoms with Gasteiger partial charge in [-0.2, -0.15) is 0 Å². The molecule has 0 radical (unpaired) electrons. The summed E-state index contributed by atoms with van der Waals surface area (Å²) in [6, 6.07) is 2.56. The van der Waals surface area contributed by atoms with Crippen LogP contribution in [-0.4, -0.2) is 27.1 Å². The van der Waals surface area contributed by atoms with Crippen molar-refractivity contribution in [1.82, 2.24) is 4.98 Å². The second kappa shape index (κ2) is 4.59. The Morgan fingerprint density at radius 3 is 2.23 bits per heavy atom. The molecule has 0 saturated heterocycles. The van der Waals surface area contributed by atoms with Gasteiger partial charge in [0.2, 0.25) is 0 Å². The number of aromatic nitrogens is 1. The van der Waals surface area contributed by atoms with Crippen molar-refractivity contribution >= 4 is 11.9 Å². The molecule has 13 heavy (non-hydrogen) atoms. The van der Waals surface area contributed by atoms with E-state index in [1.165, 1.54) is 18.3 Å². The number of aromatic carboxylic acids is 2. The van der Waals surface area contributed by atoms with Crippen molar-refractivity contribution in [2.24, 2.45) is 0 Å². The minimum absolute atomic E-state index is 0. The number of rotatable bonds is 2. The second-order valence-corrected chi connectivity index (χ2v) is 2.01. The first kappa shape index (κ1) is 11.6. The maximum absolute atomic E-state index is 10.4. The summed E-state index contributed by atoms with van der Waals surface area (Å²) >= 11 is 0. The van der Waals surface area contributed by atoms with E-state index in [0.29, 0.717) is 0 Å². The fourth-order valence-electron chi connectivity index (χ4n) is 0.748. The molecule has 0 aliphatic heterocycles. The summed E-state index contributed by atoms with van der Waals surface area (Å²) in [5.41, 5.74) is -0.741. The molecule has 1 rings (SSSR count). The molecule has 5 nitrogen and oxygen atoms in total.